The molecule has 7 heteroatoms. The molecule has 0 aliphatic carbocycles. The van der Waals surface area contributed by atoms with Gasteiger partial charge in [-0.05, 0) is 44.9 Å². The van der Waals surface area contributed by atoms with Crippen molar-refractivity contribution in [1.82, 2.24) is 14.7 Å². The fraction of sp³-hybridized carbons (Fsp3) is 0.464. The van der Waals surface area contributed by atoms with E-state index in [-0.39, 0.29) is 0 Å². The first-order valence-corrected chi connectivity index (χ1v) is 12.2. The summed E-state index contributed by atoms with van der Waals surface area (Å²) in [6.07, 6.45) is 4.05. The van der Waals surface area contributed by atoms with E-state index >= 15 is 0 Å². The van der Waals surface area contributed by atoms with Crippen LogP contribution < -0.4 is 14.4 Å². The van der Waals surface area contributed by atoms with Crippen molar-refractivity contribution in [2.75, 3.05) is 92.6 Å². The van der Waals surface area contributed by atoms with Crippen molar-refractivity contribution in [3.63, 3.8) is 0 Å². The minimum Gasteiger partial charge on any atom is -0.496 e. The molecular formula is C28H39N5O2. The molecule has 7 nitrogen and oxygen atoms in total. The smallest absolute Gasteiger partial charge is 0.143 e. The average molecular weight is 478 g/mol. The monoisotopic (exact) mass is 477 g/mol. The van der Waals surface area contributed by atoms with Crippen molar-refractivity contribution in [2.45, 2.75) is 0 Å². The van der Waals surface area contributed by atoms with E-state index in [0.717, 1.165) is 80.7 Å². The summed E-state index contributed by atoms with van der Waals surface area (Å²) in [5.41, 5.74) is 3.67. The van der Waals surface area contributed by atoms with Crippen molar-refractivity contribution in [3.05, 3.63) is 53.1 Å². The summed E-state index contributed by atoms with van der Waals surface area (Å²) in [6, 6.07) is 13.8. The van der Waals surface area contributed by atoms with E-state index in [1.165, 1.54) is 0 Å². The van der Waals surface area contributed by atoms with E-state index in [4.69, 9.17) is 14.7 Å². The van der Waals surface area contributed by atoms with Gasteiger partial charge < -0.3 is 29.1 Å². The van der Waals surface area contributed by atoms with E-state index in [2.05, 4.69) is 52.9 Å². The lowest BCUT2D eigenvalue weighted by Crippen LogP contribution is -2.43. The van der Waals surface area contributed by atoms with Gasteiger partial charge in [0.15, 0.2) is 0 Å². The molecule has 0 N–H and O–H groups in total. The predicted octanol–water partition coefficient (Wildman–Crippen LogP) is 3.36. The van der Waals surface area contributed by atoms with Gasteiger partial charge in [-0.15, -0.1) is 0 Å². The summed E-state index contributed by atoms with van der Waals surface area (Å²) in [4.78, 5) is 9.61. The molecule has 0 spiro atoms. The summed E-state index contributed by atoms with van der Waals surface area (Å²) in [6.45, 7) is 8.01. The van der Waals surface area contributed by atoms with Gasteiger partial charge in [0.2, 0.25) is 0 Å². The number of ether oxygens (including phenoxy) is 2. The second-order valence-electron chi connectivity index (χ2n) is 9.23. The number of hydrogen-bond donors (Lipinski definition) is 0. The lowest BCUT2D eigenvalue weighted by molar-refractivity contribution is 0.222. The molecule has 0 unspecified atom stereocenters. The third-order valence-electron chi connectivity index (χ3n) is 6.60. The average Bonchev–Trinajstić information content (AvgIpc) is 2.88. The van der Waals surface area contributed by atoms with Crippen molar-refractivity contribution in [3.8, 4) is 17.6 Å². The second-order valence-corrected chi connectivity index (χ2v) is 9.23. The van der Waals surface area contributed by atoms with E-state index in [1.807, 2.05) is 42.5 Å². The van der Waals surface area contributed by atoms with E-state index in [1.54, 1.807) is 14.2 Å². The highest BCUT2D eigenvalue weighted by Gasteiger charge is 2.18. The Labute approximate surface area is 210 Å². The van der Waals surface area contributed by atoms with Crippen LogP contribution in [0.3, 0.4) is 0 Å². The lowest BCUT2D eigenvalue weighted by Gasteiger charge is -2.33. The Morgan fingerprint density at radius 3 is 1.71 bits per heavy atom. The van der Waals surface area contributed by atoms with Crippen LogP contribution in [0, 0.1) is 11.3 Å². The van der Waals surface area contributed by atoms with Crippen molar-refractivity contribution in [2.24, 2.45) is 0 Å². The van der Waals surface area contributed by atoms with Gasteiger partial charge in [0, 0.05) is 64.0 Å². The highest BCUT2D eigenvalue weighted by molar-refractivity contribution is 5.77. The molecule has 1 saturated heterocycles. The Bertz CT molecular complexity index is 997. The molecule has 1 fully saturated rings. The third-order valence-corrected chi connectivity index (χ3v) is 6.60. The van der Waals surface area contributed by atoms with Gasteiger partial charge in [0.05, 0.1) is 31.5 Å². The first-order chi connectivity index (χ1) is 16.9. The van der Waals surface area contributed by atoms with Gasteiger partial charge in [0.1, 0.15) is 11.5 Å². The first kappa shape index (κ1) is 26.6. The van der Waals surface area contributed by atoms with Crippen molar-refractivity contribution in [1.29, 1.82) is 5.26 Å². The summed E-state index contributed by atoms with van der Waals surface area (Å²) in [5.74, 6) is 1.64. The van der Waals surface area contributed by atoms with Crippen LogP contribution in [0.5, 0.6) is 11.5 Å². The molecule has 3 rings (SSSR count). The van der Waals surface area contributed by atoms with E-state index in [9.17, 15) is 0 Å². The molecule has 2 aromatic rings. The van der Waals surface area contributed by atoms with Gasteiger partial charge in [-0.2, -0.15) is 5.26 Å². The van der Waals surface area contributed by atoms with Gasteiger partial charge in [0.25, 0.3) is 0 Å². The summed E-state index contributed by atoms with van der Waals surface area (Å²) in [5, 5.41) is 9.01. The molecule has 2 aromatic carbocycles. The normalized spacial score (nSPS) is 17.5. The number of hydrogen-bond acceptors (Lipinski definition) is 7. The molecule has 0 amide bonds. The SMILES string of the molecule is COc1cc(N2CCN(C)CCN(C)CCN(C)CC2)c(OC)cc1/C=C/c1ccc(C#N)cc1. The van der Waals surface area contributed by atoms with Gasteiger partial charge in [-0.3, -0.25) is 0 Å². The summed E-state index contributed by atoms with van der Waals surface area (Å²) >= 11 is 0. The van der Waals surface area contributed by atoms with Gasteiger partial charge in [-0.1, -0.05) is 24.3 Å². The molecule has 1 aliphatic heterocycles. The molecule has 0 atom stereocenters. The minimum absolute atomic E-state index is 0.653. The molecule has 0 radical (unpaired) electrons. The van der Waals surface area contributed by atoms with Crippen LogP contribution in [-0.2, 0) is 0 Å². The Morgan fingerprint density at radius 2 is 1.23 bits per heavy atom. The Hall–Kier alpha value is -3.05. The number of nitrogens with zero attached hydrogens (tertiary/aromatic N) is 5. The Kier molecular flexibility index (Phi) is 9.98. The standard InChI is InChI=1S/C28H39N5O2/c1-30-12-14-31(2)16-18-33(19-17-32(3)15-13-30)26-21-27(34-4)25(20-28(26)35-5)11-10-23-6-8-24(22-29)9-7-23/h6-11,20-21H,12-19H2,1-5H3/b11-10+. The fourth-order valence-electron chi connectivity index (χ4n) is 4.09. The van der Waals surface area contributed by atoms with Crippen LogP contribution >= 0.6 is 0 Å². The molecular weight excluding hydrogens is 438 g/mol. The van der Waals surface area contributed by atoms with Gasteiger partial charge in [-0.25, -0.2) is 0 Å². The van der Waals surface area contributed by atoms with Crippen LogP contribution in [0.4, 0.5) is 5.69 Å². The largest absolute Gasteiger partial charge is 0.496 e. The maximum Gasteiger partial charge on any atom is 0.143 e. The highest BCUT2D eigenvalue weighted by Crippen LogP contribution is 2.36. The molecule has 35 heavy (non-hydrogen) atoms. The quantitative estimate of drug-likeness (QED) is 0.612. The summed E-state index contributed by atoms with van der Waals surface area (Å²) < 4.78 is 11.7. The van der Waals surface area contributed by atoms with Crippen molar-refractivity contribution < 1.29 is 9.47 Å². The Balaban J connectivity index is 1.87. The van der Waals surface area contributed by atoms with Gasteiger partial charge >= 0.3 is 0 Å². The number of nitriles is 1. The first-order valence-electron chi connectivity index (χ1n) is 12.2. The van der Waals surface area contributed by atoms with Crippen LogP contribution in [-0.4, -0.2) is 102 Å². The Morgan fingerprint density at radius 1 is 0.714 bits per heavy atom. The third kappa shape index (κ3) is 7.72. The van der Waals surface area contributed by atoms with Crippen LogP contribution in [0.2, 0.25) is 0 Å². The van der Waals surface area contributed by atoms with Crippen LogP contribution in [0.1, 0.15) is 16.7 Å². The molecule has 188 valence electrons. The molecule has 0 aromatic heterocycles. The number of anilines is 1. The molecule has 1 heterocycles. The minimum atomic E-state index is 0.653. The maximum absolute atomic E-state index is 9.01. The number of rotatable bonds is 5. The topological polar surface area (TPSA) is 55.2 Å². The zero-order valence-corrected chi connectivity index (χ0v) is 21.8. The highest BCUT2D eigenvalue weighted by atomic mass is 16.5. The lowest BCUT2D eigenvalue weighted by atomic mass is 10.1. The van der Waals surface area contributed by atoms with Crippen molar-refractivity contribution >= 4 is 17.8 Å². The maximum atomic E-state index is 9.01. The second kappa shape index (κ2) is 13.1. The number of benzene rings is 2. The fourth-order valence-corrected chi connectivity index (χ4v) is 4.09. The van der Waals surface area contributed by atoms with Crippen LogP contribution in [0.25, 0.3) is 12.2 Å². The molecule has 1 aliphatic rings. The van der Waals surface area contributed by atoms with Crippen LogP contribution in [0.15, 0.2) is 36.4 Å². The number of likely N-dealkylation sites (N-methyl/N-ethyl adjacent to an activating group) is 3. The zero-order valence-electron chi connectivity index (χ0n) is 21.8. The summed E-state index contributed by atoms with van der Waals surface area (Å²) in [7, 11) is 10.0. The van der Waals surface area contributed by atoms with E-state index in [0.29, 0.717) is 5.56 Å². The zero-order chi connectivity index (χ0) is 25.2. The predicted molar refractivity (Wildman–Crippen MR) is 144 cm³/mol. The molecule has 0 bridgehead atoms. The molecule has 0 saturated carbocycles. The van der Waals surface area contributed by atoms with E-state index < -0.39 is 0 Å². The number of methoxy groups -OCH3 is 2.